The number of alkyl halides is 1. The molecular weight excluding hydrogens is 579 g/mol. The highest BCUT2D eigenvalue weighted by Gasteiger charge is 2.49. The smallest absolute Gasteiger partial charge is 0.306 e. The molecular formula is C26H45IO7Si. The van der Waals surface area contributed by atoms with Crippen LogP contribution in [0, 0.1) is 11.8 Å². The quantitative estimate of drug-likeness (QED) is 0.139. The van der Waals surface area contributed by atoms with Gasteiger partial charge in [0.05, 0.1) is 6.10 Å². The molecule has 7 atom stereocenters. The van der Waals surface area contributed by atoms with Crippen molar-refractivity contribution in [3.8, 4) is 0 Å². The molecule has 0 amide bonds. The summed E-state index contributed by atoms with van der Waals surface area (Å²) in [7, 11) is -1.99. The zero-order chi connectivity index (χ0) is 25.8. The van der Waals surface area contributed by atoms with E-state index in [1.807, 2.05) is 0 Å². The number of esters is 2. The van der Waals surface area contributed by atoms with Gasteiger partial charge in [-0.25, -0.2) is 0 Å². The Bertz CT molecular complexity index is 719. The van der Waals surface area contributed by atoms with E-state index in [1.54, 1.807) is 0 Å². The van der Waals surface area contributed by atoms with Crippen LogP contribution in [0.2, 0.25) is 18.1 Å². The largest absolute Gasteiger partial charge is 0.462 e. The van der Waals surface area contributed by atoms with Crippen molar-refractivity contribution < 1.29 is 33.0 Å². The third-order valence-electron chi connectivity index (χ3n) is 8.25. The van der Waals surface area contributed by atoms with E-state index in [4.69, 9.17) is 23.4 Å². The van der Waals surface area contributed by atoms with Crippen LogP contribution in [0.3, 0.4) is 0 Å². The van der Waals surface area contributed by atoms with Crippen LogP contribution in [0.1, 0.15) is 79.1 Å². The van der Waals surface area contributed by atoms with Gasteiger partial charge in [-0.05, 0) is 56.7 Å². The topological polar surface area (TPSA) is 80.3 Å². The molecule has 0 aromatic rings. The Balaban J connectivity index is 1.80. The van der Waals surface area contributed by atoms with Gasteiger partial charge in [0.15, 0.2) is 14.6 Å². The van der Waals surface area contributed by atoms with Gasteiger partial charge in [-0.2, -0.15) is 0 Å². The maximum absolute atomic E-state index is 12.0. The Kier molecular flexibility index (Phi) is 10.5. The lowest BCUT2D eigenvalue weighted by atomic mass is 9.88. The Labute approximate surface area is 226 Å². The molecule has 202 valence electrons. The fourth-order valence-corrected chi connectivity index (χ4v) is 7.26. The van der Waals surface area contributed by atoms with Gasteiger partial charge >= 0.3 is 11.9 Å². The Morgan fingerprint density at radius 2 is 1.89 bits per heavy atom. The van der Waals surface area contributed by atoms with Crippen molar-refractivity contribution in [1.29, 1.82) is 0 Å². The lowest BCUT2D eigenvalue weighted by Gasteiger charge is -2.39. The zero-order valence-corrected chi connectivity index (χ0v) is 25.5. The summed E-state index contributed by atoms with van der Waals surface area (Å²) in [6.45, 7) is 14.0. The molecule has 2 saturated heterocycles. The molecule has 3 aliphatic rings. The summed E-state index contributed by atoms with van der Waals surface area (Å²) >= 11 is 2.42. The third-order valence-corrected chi connectivity index (χ3v) is 14.1. The van der Waals surface area contributed by atoms with Crippen molar-refractivity contribution in [2.24, 2.45) is 11.8 Å². The molecule has 2 aliphatic heterocycles. The maximum atomic E-state index is 12.0. The van der Waals surface area contributed by atoms with Crippen LogP contribution in [0.5, 0.6) is 0 Å². The van der Waals surface area contributed by atoms with Crippen molar-refractivity contribution >= 4 is 42.8 Å². The van der Waals surface area contributed by atoms with E-state index in [1.165, 1.54) is 6.92 Å². The molecule has 0 aromatic carbocycles. The van der Waals surface area contributed by atoms with Crippen LogP contribution in [-0.4, -0.2) is 62.0 Å². The third kappa shape index (κ3) is 8.12. The first-order chi connectivity index (χ1) is 16.4. The minimum Gasteiger partial charge on any atom is -0.462 e. The highest BCUT2D eigenvalue weighted by molar-refractivity contribution is 14.1. The molecule has 1 aliphatic carbocycles. The zero-order valence-electron chi connectivity index (χ0n) is 22.3. The van der Waals surface area contributed by atoms with Crippen molar-refractivity contribution in [2.45, 2.75) is 126 Å². The SMILES string of the molecule is CC(=O)OC1C[C@H](OC2CCCCO2)[C@@H](CO[Si](C)(C)C(C)(C)C)[C@@H]1CC(I)C1CCCC(=O)O1. The first kappa shape index (κ1) is 29.3. The molecule has 3 rings (SSSR count). The van der Waals surface area contributed by atoms with Crippen molar-refractivity contribution in [2.75, 3.05) is 13.2 Å². The maximum Gasteiger partial charge on any atom is 0.306 e. The fourth-order valence-electron chi connectivity index (χ4n) is 5.13. The van der Waals surface area contributed by atoms with E-state index in [9.17, 15) is 9.59 Å². The molecule has 0 bridgehead atoms. The number of rotatable bonds is 9. The second-order valence-electron chi connectivity index (χ2n) is 11.9. The van der Waals surface area contributed by atoms with Crippen LogP contribution < -0.4 is 0 Å². The lowest BCUT2D eigenvalue weighted by molar-refractivity contribution is -0.198. The number of carbonyl (C=O) groups excluding carboxylic acids is 2. The van der Waals surface area contributed by atoms with Crippen LogP contribution >= 0.6 is 22.6 Å². The number of hydrogen-bond donors (Lipinski definition) is 0. The van der Waals surface area contributed by atoms with Gasteiger partial charge in [0.25, 0.3) is 0 Å². The van der Waals surface area contributed by atoms with Crippen LogP contribution in [0.25, 0.3) is 0 Å². The lowest BCUT2D eigenvalue weighted by Crippen LogP contribution is -2.44. The van der Waals surface area contributed by atoms with E-state index in [-0.39, 0.29) is 57.3 Å². The number of halogens is 1. The molecule has 0 N–H and O–H groups in total. The first-order valence-corrected chi connectivity index (χ1v) is 17.4. The molecule has 0 spiro atoms. The van der Waals surface area contributed by atoms with E-state index in [0.717, 1.165) is 45.1 Å². The normalized spacial score (nSPS) is 33.3. The average molecular weight is 625 g/mol. The molecule has 1 saturated carbocycles. The highest BCUT2D eigenvalue weighted by Crippen LogP contribution is 2.44. The van der Waals surface area contributed by atoms with Crippen molar-refractivity contribution in [3.63, 3.8) is 0 Å². The number of carbonyl (C=O) groups is 2. The molecule has 2 heterocycles. The molecule has 35 heavy (non-hydrogen) atoms. The molecule has 0 aromatic heterocycles. The van der Waals surface area contributed by atoms with E-state index >= 15 is 0 Å². The molecule has 4 unspecified atom stereocenters. The van der Waals surface area contributed by atoms with E-state index < -0.39 is 8.32 Å². The predicted molar refractivity (Wildman–Crippen MR) is 145 cm³/mol. The van der Waals surface area contributed by atoms with Gasteiger partial charge in [0.1, 0.15) is 12.2 Å². The summed E-state index contributed by atoms with van der Waals surface area (Å²) < 4.78 is 30.9. The monoisotopic (exact) mass is 624 g/mol. The van der Waals surface area contributed by atoms with Gasteiger partial charge in [0, 0.05) is 48.7 Å². The van der Waals surface area contributed by atoms with Gasteiger partial charge in [-0.3, -0.25) is 9.59 Å². The first-order valence-electron chi connectivity index (χ1n) is 13.3. The summed E-state index contributed by atoms with van der Waals surface area (Å²) in [5.41, 5.74) is 0. The van der Waals surface area contributed by atoms with Crippen LogP contribution in [0.15, 0.2) is 0 Å². The second kappa shape index (κ2) is 12.5. The summed E-state index contributed by atoms with van der Waals surface area (Å²) in [5.74, 6) is -0.234. The predicted octanol–water partition coefficient (Wildman–Crippen LogP) is 5.78. The van der Waals surface area contributed by atoms with Gasteiger partial charge in [-0.15, -0.1) is 0 Å². The number of ether oxygens (including phenoxy) is 4. The van der Waals surface area contributed by atoms with Crippen LogP contribution in [-0.2, 0) is 33.0 Å². The van der Waals surface area contributed by atoms with Crippen LogP contribution in [0.4, 0.5) is 0 Å². The number of hydrogen-bond acceptors (Lipinski definition) is 7. The fraction of sp³-hybridized carbons (Fsp3) is 0.923. The van der Waals surface area contributed by atoms with Crippen molar-refractivity contribution in [3.05, 3.63) is 0 Å². The van der Waals surface area contributed by atoms with Gasteiger partial charge in [0.2, 0.25) is 0 Å². The summed E-state index contributed by atoms with van der Waals surface area (Å²) in [6.07, 6.45) is 6.07. The summed E-state index contributed by atoms with van der Waals surface area (Å²) in [5, 5.41) is 0.0985. The van der Waals surface area contributed by atoms with E-state index in [2.05, 4.69) is 56.5 Å². The summed E-state index contributed by atoms with van der Waals surface area (Å²) in [6, 6.07) is 0. The standard InChI is InChI=1S/C26H45IO7Si/c1-17(28)32-22-15-23(34-25-12-7-8-13-30-25)19(16-31-35(5,6)26(2,3)4)18(22)14-20(27)21-10-9-11-24(29)33-21/h18-23,25H,7-16H2,1-6H3/t18-,19-,20?,21?,22?,23-,25?/m0/s1. The minimum absolute atomic E-state index is 0.0692. The molecule has 0 radical (unpaired) electrons. The average Bonchev–Trinajstić information content (AvgIpc) is 3.07. The van der Waals surface area contributed by atoms with E-state index in [0.29, 0.717) is 19.4 Å². The van der Waals surface area contributed by atoms with Crippen molar-refractivity contribution in [1.82, 2.24) is 0 Å². The van der Waals surface area contributed by atoms with Gasteiger partial charge < -0.3 is 23.4 Å². The van der Waals surface area contributed by atoms with Gasteiger partial charge in [-0.1, -0.05) is 43.4 Å². The Hall–Kier alpha value is -0.233. The molecule has 3 fully saturated rings. The Morgan fingerprint density at radius 1 is 1.14 bits per heavy atom. The highest BCUT2D eigenvalue weighted by atomic mass is 127. The molecule has 9 heteroatoms. The Morgan fingerprint density at radius 3 is 2.49 bits per heavy atom. The summed E-state index contributed by atoms with van der Waals surface area (Å²) in [4.78, 5) is 24.0. The minimum atomic E-state index is -1.99. The molecule has 7 nitrogen and oxygen atoms in total. The number of cyclic esters (lactones) is 1. The second-order valence-corrected chi connectivity index (χ2v) is 18.3.